The molecule has 0 heterocycles. The number of alkyl halides is 3. The van der Waals surface area contributed by atoms with Gasteiger partial charge in [-0.15, -0.1) is 0 Å². The number of hydrogen-bond acceptors (Lipinski definition) is 1. The zero-order chi connectivity index (χ0) is 32.2. The van der Waals surface area contributed by atoms with Crippen molar-refractivity contribution in [3.05, 3.63) is 139 Å². The number of rotatable bonds is 8. The van der Waals surface area contributed by atoms with Gasteiger partial charge in [-0.25, -0.2) is 0 Å². The summed E-state index contributed by atoms with van der Waals surface area (Å²) < 4.78 is -0.750. The van der Waals surface area contributed by atoms with Crippen LogP contribution in [0.15, 0.2) is 133 Å². The minimum atomic E-state index is -0.750. The lowest BCUT2D eigenvalue weighted by atomic mass is 9.54. The molecular weight excluding hydrogens is 656 g/mol. The van der Waals surface area contributed by atoms with Crippen LogP contribution >= 0.6 is 42.7 Å². The van der Waals surface area contributed by atoms with Gasteiger partial charge in [0.15, 0.2) is 4.30 Å². The Morgan fingerprint density at radius 3 is 1.70 bits per heavy atom. The van der Waals surface area contributed by atoms with Crippen LogP contribution in [0, 0.1) is 23.7 Å². The molecule has 5 heteroatoms. The number of fused-ring (bicyclic) bond motifs is 1. The predicted molar refractivity (Wildman–Crippen MR) is 208 cm³/mol. The first-order valence-electron chi connectivity index (χ1n) is 16.9. The van der Waals surface area contributed by atoms with Crippen molar-refractivity contribution >= 4 is 81.2 Å². The molecule has 0 N–H and O–H groups in total. The molecular formula is C42H41Cl3NP. The van der Waals surface area contributed by atoms with E-state index in [9.17, 15) is 0 Å². The fourth-order valence-corrected chi connectivity index (χ4v) is 11.4. The largest absolute Gasteiger partial charge is 0.363 e. The summed E-state index contributed by atoms with van der Waals surface area (Å²) in [5, 5.41) is 7.09. The van der Waals surface area contributed by atoms with Gasteiger partial charge in [0.25, 0.3) is 0 Å². The fraction of sp³-hybridized carbons (Fsp3) is 0.286. The van der Waals surface area contributed by atoms with Crippen LogP contribution in [0.1, 0.15) is 37.7 Å². The lowest BCUT2D eigenvalue weighted by Crippen LogP contribution is -2.57. The third-order valence-corrected chi connectivity index (χ3v) is 12.9. The lowest BCUT2D eigenvalue weighted by Gasteiger charge is -2.58. The fourth-order valence-electron chi connectivity index (χ4n) is 8.94. The Kier molecular flexibility index (Phi) is 10.6. The maximum absolute atomic E-state index is 4.81. The molecule has 0 atom stereocenters. The molecule has 0 aromatic heterocycles. The zero-order valence-electron chi connectivity index (χ0n) is 26.5. The highest BCUT2D eigenvalue weighted by atomic mass is 35.6. The second-order valence-electron chi connectivity index (χ2n) is 13.3. The van der Waals surface area contributed by atoms with Crippen molar-refractivity contribution in [3.63, 3.8) is 0 Å². The van der Waals surface area contributed by atoms with Crippen LogP contribution in [0.3, 0.4) is 0 Å². The van der Waals surface area contributed by atoms with E-state index < -0.39 is 12.2 Å². The van der Waals surface area contributed by atoms with Crippen molar-refractivity contribution in [1.82, 2.24) is 0 Å². The molecule has 9 rings (SSSR count). The zero-order valence-corrected chi connectivity index (χ0v) is 29.7. The molecule has 0 unspecified atom stereocenters. The third kappa shape index (κ3) is 7.45. The van der Waals surface area contributed by atoms with Crippen LogP contribution in [0.25, 0.3) is 16.8 Å². The third-order valence-electron chi connectivity index (χ3n) is 10.4. The molecule has 0 saturated heterocycles. The van der Waals surface area contributed by atoms with E-state index in [1.54, 1.807) is 0 Å². The molecule has 4 fully saturated rings. The Bertz CT molecular complexity index is 1710. The molecule has 240 valence electrons. The van der Waals surface area contributed by atoms with Crippen molar-refractivity contribution in [2.24, 2.45) is 23.7 Å². The van der Waals surface area contributed by atoms with Crippen LogP contribution in [0.5, 0.6) is 0 Å². The molecule has 0 amide bonds. The summed E-state index contributed by atoms with van der Waals surface area (Å²) in [7, 11) is -0.733. The normalized spacial score (nSPS) is 23.0. The SMILES string of the molecule is C(=C\c1ccccc1)/CN(c1c(P(c2ccccc2)c2ccccc2)ccc2ccccc12)C1C2CC3CC(C2)CC1C3.ClC(Cl)Cl. The molecule has 0 aliphatic heterocycles. The maximum atomic E-state index is 4.81. The van der Waals surface area contributed by atoms with Gasteiger partial charge in [-0.2, -0.15) is 0 Å². The van der Waals surface area contributed by atoms with Gasteiger partial charge in [-0.05, 0) is 85.3 Å². The summed E-state index contributed by atoms with van der Waals surface area (Å²) in [6.07, 6.45) is 11.9. The average molecular weight is 697 g/mol. The first kappa shape index (κ1) is 32.7. The van der Waals surface area contributed by atoms with Crippen LogP contribution in [-0.4, -0.2) is 16.9 Å². The number of hydrogen-bond donors (Lipinski definition) is 0. The maximum Gasteiger partial charge on any atom is 0.180 e. The van der Waals surface area contributed by atoms with Gasteiger partial charge >= 0.3 is 0 Å². The van der Waals surface area contributed by atoms with E-state index in [0.29, 0.717) is 6.04 Å². The number of benzene rings is 5. The van der Waals surface area contributed by atoms with Crippen LogP contribution < -0.4 is 20.8 Å². The standard InChI is InChI=1S/C41H40NP.CHCl3/c1-4-13-30(14-5-1)15-12-24-42(40-34-26-31-25-32(28-34)29-35(40)27-31)41-38-21-11-10-16-33(38)22-23-39(41)43(36-17-6-2-7-18-36)37-19-8-3-9-20-37;2-1(3)4/h1-23,31-32,34-35,40H,24-29H2;1H/b15-12+;. The Balaban J connectivity index is 0.000000833. The van der Waals surface area contributed by atoms with E-state index in [1.165, 1.54) is 70.0 Å². The first-order chi connectivity index (χ1) is 23.0. The van der Waals surface area contributed by atoms with Crippen molar-refractivity contribution in [1.29, 1.82) is 0 Å². The molecule has 4 aliphatic carbocycles. The molecule has 1 nitrogen and oxygen atoms in total. The second kappa shape index (κ2) is 15.2. The second-order valence-corrected chi connectivity index (χ2v) is 17.5. The van der Waals surface area contributed by atoms with E-state index in [-0.39, 0.29) is 0 Å². The van der Waals surface area contributed by atoms with Crippen molar-refractivity contribution in [3.8, 4) is 0 Å². The van der Waals surface area contributed by atoms with Crippen LogP contribution in [-0.2, 0) is 0 Å². The molecule has 5 aromatic rings. The minimum absolute atomic E-state index is 0.598. The van der Waals surface area contributed by atoms with Gasteiger partial charge < -0.3 is 4.90 Å². The van der Waals surface area contributed by atoms with E-state index in [1.807, 2.05) is 0 Å². The van der Waals surface area contributed by atoms with E-state index in [0.717, 1.165) is 30.2 Å². The quantitative estimate of drug-likeness (QED) is 0.115. The number of anilines is 1. The van der Waals surface area contributed by atoms with Gasteiger partial charge in [0.2, 0.25) is 0 Å². The summed E-state index contributed by atoms with van der Waals surface area (Å²) in [5.74, 6) is 3.51. The van der Waals surface area contributed by atoms with Gasteiger partial charge in [0.1, 0.15) is 0 Å². The molecule has 4 bridgehead atoms. The number of halogens is 3. The molecule has 0 radical (unpaired) electrons. The summed E-state index contributed by atoms with van der Waals surface area (Å²) in [6.45, 7) is 0.940. The summed E-state index contributed by atoms with van der Waals surface area (Å²) in [5.41, 5.74) is 2.76. The van der Waals surface area contributed by atoms with Gasteiger partial charge in [-0.3, -0.25) is 0 Å². The highest BCUT2D eigenvalue weighted by Gasteiger charge is 2.50. The van der Waals surface area contributed by atoms with Gasteiger partial charge in [-0.1, -0.05) is 174 Å². The summed E-state index contributed by atoms with van der Waals surface area (Å²) in [6, 6.07) is 48.0. The smallest absolute Gasteiger partial charge is 0.180 e. The Morgan fingerprint density at radius 1 is 0.617 bits per heavy atom. The Morgan fingerprint density at radius 2 is 1.13 bits per heavy atom. The number of nitrogens with zero attached hydrogens (tertiary/aromatic N) is 1. The molecule has 4 aliphatic rings. The Labute approximate surface area is 296 Å². The van der Waals surface area contributed by atoms with Crippen LogP contribution in [0.2, 0.25) is 0 Å². The summed E-state index contributed by atoms with van der Waals surface area (Å²) in [4.78, 5) is 2.91. The lowest BCUT2D eigenvalue weighted by molar-refractivity contribution is -0.00202. The van der Waals surface area contributed by atoms with Gasteiger partial charge in [0.05, 0.1) is 5.69 Å². The molecule has 47 heavy (non-hydrogen) atoms. The van der Waals surface area contributed by atoms with Crippen molar-refractivity contribution in [2.75, 3.05) is 11.4 Å². The summed E-state index contributed by atoms with van der Waals surface area (Å²) >= 11 is 14.4. The van der Waals surface area contributed by atoms with E-state index in [2.05, 4.69) is 144 Å². The topological polar surface area (TPSA) is 3.24 Å². The van der Waals surface area contributed by atoms with Crippen molar-refractivity contribution < 1.29 is 0 Å². The highest BCUT2D eigenvalue weighted by molar-refractivity contribution is 7.80. The molecule has 0 spiro atoms. The average Bonchev–Trinajstić information content (AvgIpc) is 3.08. The van der Waals surface area contributed by atoms with Gasteiger partial charge in [0, 0.05) is 23.3 Å². The highest BCUT2D eigenvalue weighted by Crippen LogP contribution is 2.56. The predicted octanol–water partition coefficient (Wildman–Crippen LogP) is 10.9. The van der Waals surface area contributed by atoms with Crippen molar-refractivity contribution in [2.45, 2.75) is 42.4 Å². The van der Waals surface area contributed by atoms with E-state index in [4.69, 9.17) is 34.8 Å². The first-order valence-corrected chi connectivity index (χ1v) is 19.5. The molecule has 5 aromatic carbocycles. The van der Waals surface area contributed by atoms with E-state index >= 15 is 0 Å². The molecule has 4 saturated carbocycles. The monoisotopic (exact) mass is 695 g/mol. The minimum Gasteiger partial charge on any atom is -0.363 e. The Hall–Kier alpha value is -2.80. The van der Waals surface area contributed by atoms with Crippen LogP contribution in [0.4, 0.5) is 5.69 Å².